The molecule has 0 saturated carbocycles. The molecule has 0 radical (unpaired) electrons. The Morgan fingerprint density at radius 2 is 2.06 bits per heavy atom. The minimum atomic E-state index is -2.74. The third-order valence-corrected chi connectivity index (χ3v) is 2.36. The van der Waals surface area contributed by atoms with E-state index in [1.807, 2.05) is 12.1 Å². The van der Waals surface area contributed by atoms with Crippen LogP contribution in [0.15, 0.2) is 34.7 Å². The topological polar surface area (TPSA) is 72.8 Å². The summed E-state index contributed by atoms with van der Waals surface area (Å²) in [6.07, 6.45) is 2.21. The van der Waals surface area contributed by atoms with E-state index in [4.69, 9.17) is 4.74 Å². The van der Waals surface area contributed by atoms with Gasteiger partial charge in [-0.15, -0.1) is 0 Å². The first-order chi connectivity index (χ1) is 7.66. The van der Waals surface area contributed by atoms with Gasteiger partial charge < -0.3 is 4.74 Å². The smallest absolute Gasteiger partial charge is 0.319 e. The highest BCUT2D eigenvalue weighted by molar-refractivity contribution is 7.62. The highest BCUT2D eigenvalue weighted by Gasteiger charge is 2.21. The van der Waals surface area contributed by atoms with Crippen LogP contribution in [0.4, 0.5) is 0 Å². The molecule has 82 valence electrons. The van der Waals surface area contributed by atoms with Crippen LogP contribution >= 0.6 is 0 Å². The quantitative estimate of drug-likeness (QED) is 0.731. The highest BCUT2D eigenvalue weighted by atomic mass is 32.2. The number of fused-ring (bicyclic) bond motifs is 1. The van der Waals surface area contributed by atoms with Gasteiger partial charge in [-0.3, -0.25) is 4.79 Å². The van der Waals surface area contributed by atoms with Crippen LogP contribution in [0.2, 0.25) is 0 Å². The number of para-hydroxylation sites is 1. The van der Waals surface area contributed by atoms with Gasteiger partial charge in [-0.2, -0.15) is 8.42 Å². The first kappa shape index (κ1) is 10.6. The van der Waals surface area contributed by atoms with E-state index >= 15 is 0 Å². The fourth-order valence-electron chi connectivity index (χ4n) is 1.35. The fraction of sp³-hybridized carbons (Fsp3) is 0.100. The summed E-state index contributed by atoms with van der Waals surface area (Å²) >= 11 is 0. The Balaban J connectivity index is 2.27. The summed E-state index contributed by atoms with van der Waals surface area (Å²) in [4.78, 5) is 11.3. The SMILES string of the molecule is O=C(N=S(=O)=O)C1C=Cc2ccccc2O1. The van der Waals surface area contributed by atoms with Gasteiger partial charge >= 0.3 is 16.4 Å². The molecule has 5 nitrogen and oxygen atoms in total. The maximum atomic E-state index is 11.3. The molecule has 0 aromatic heterocycles. The maximum Gasteiger partial charge on any atom is 0.319 e. The molecule has 16 heavy (non-hydrogen) atoms. The molecule has 1 aromatic carbocycles. The second kappa shape index (κ2) is 4.28. The molecule has 0 fully saturated rings. The molecule has 0 aliphatic carbocycles. The van der Waals surface area contributed by atoms with Crippen molar-refractivity contribution in [2.75, 3.05) is 0 Å². The van der Waals surface area contributed by atoms with Crippen molar-refractivity contribution in [1.82, 2.24) is 0 Å². The molecule has 1 atom stereocenters. The number of carbonyl (C=O) groups excluding carboxylic acids is 1. The molecule has 1 heterocycles. The Hall–Kier alpha value is -1.95. The lowest BCUT2D eigenvalue weighted by molar-refractivity contribution is -0.122. The van der Waals surface area contributed by atoms with Crippen molar-refractivity contribution in [3.05, 3.63) is 35.9 Å². The largest absolute Gasteiger partial charge is 0.476 e. The van der Waals surface area contributed by atoms with Crippen LogP contribution < -0.4 is 4.74 Å². The monoisotopic (exact) mass is 237 g/mol. The summed E-state index contributed by atoms with van der Waals surface area (Å²) in [5.74, 6) is -0.297. The number of carbonyl (C=O) groups is 1. The Bertz CT molecular complexity index is 581. The van der Waals surface area contributed by atoms with E-state index in [-0.39, 0.29) is 0 Å². The lowest BCUT2D eigenvalue weighted by Gasteiger charge is -2.17. The van der Waals surface area contributed by atoms with Gasteiger partial charge in [0.2, 0.25) is 0 Å². The molecule has 1 aliphatic heterocycles. The zero-order valence-electron chi connectivity index (χ0n) is 8.03. The zero-order chi connectivity index (χ0) is 11.5. The molecule has 0 N–H and O–H groups in total. The lowest BCUT2D eigenvalue weighted by Crippen LogP contribution is -2.25. The number of hydrogen-bond donors (Lipinski definition) is 0. The van der Waals surface area contributed by atoms with E-state index in [9.17, 15) is 13.2 Å². The van der Waals surface area contributed by atoms with E-state index < -0.39 is 22.5 Å². The van der Waals surface area contributed by atoms with Crippen molar-refractivity contribution >= 4 is 22.5 Å². The molecule has 0 bridgehead atoms. The average molecular weight is 237 g/mol. The summed E-state index contributed by atoms with van der Waals surface area (Å²) in [5.41, 5.74) is 0.842. The molecule has 1 amide bonds. The van der Waals surface area contributed by atoms with Crippen molar-refractivity contribution in [2.45, 2.75) is 6.10 Å². The van der Waals surface area contributed by atoms with Crippen molar-refractivity contribution < 1.29 is 17.9 Å². The molecule has 1 aliphatic rings. The van der Waals surface area contributed by atoms with Crippen molar-refractivity contribution in [2.24, 2.45) is 4.36 Å². The summed E-state index contributed by atoms with van der Waals surface area (Å²) < 4.78 is 28.6. The normalized spacial score (nSPS) is 17.1. The van der Waals surface area contributed by atoms with E-state index in [1.165, 1.54) is 6.08 Å². The summed E-state index contributed by atoms with van der Waals surface area (Å²) in [5, 5.41) is 0. The number of hydrogen-bond acceptors (Lipinski definition) is 4. The first-order valence-electron chi connectivity index (χ1n) is 4.45. The minimum absolute atomic E-state index is 0.537. The molecular weight excluding hydrogens is 230 g/mol. The second-order valence-corrected chi connectivity index (χ2v) is 3.70. The third kappa shape index (κ3) is 2.17. The summed E-state index contributed by atoms with van der Waals surface area (Å²) in [7, 11) is -2.74. The van der Waals surface area contributed by atoms with Crippen LogP contribution in [-0.2, 0) is 15.3 Å². The standard InChI is InChI=1S/C10H7NO4S/c12-10(11-16(13)14)9-6-5-7-3-1-2-4-8(7)15-9/h1-6,9H. The summed E-state index contributed by atoms with van der Waals surface area (Å²) in [6, 6.07) is 7.14. The van der Waals surface area contributed by atoms with Crippen molar-refractivity contribution in [1.29, 1.82) is 0 Å². The van der Waals surface area contributed by atoms with Gasteiger partial charge in [0.05, 0.1) is 0 Å². The lowest BCUT2D eigenvalue weighted by atomic mass is 10.1. The van der Waals surface area contributed by atoms with Crippen LogP contribution in [0.1, 0.15) is 5.56 Å². The molecule has 1 aromatic rings. The van der Waals surface area contributed by atoms with Crippen LogP contribution in [-0.4, -0.2) is 20.4 Å². The van der Waals surface area contributed by atoms with Gasteiger partial charge in [0, 0.05) is 5.56 Å². The number of ether oxygens (including phenoxy) is 1. The predicted octanol–water partition coefficient (Wildman–Crippen LogP) is 1.05. The Morgan fingerprint density at radius 3 is 2.81 bits per heavy atom. The van der Waals surface area contributed by atoms with E-state index in [2.05, 4.69) is 4.36 Å². The van der Waals surface area contributed by atoms with Gasteiger partial charge in [-0.25, -0.2) is 0 Å². The number of amides is 1. The zero-order valence-corrected chi connectivity index (χ0v) is 8.85. The molecule has 0 spiro atoms. The van der Waals surface area contributed by atoms with Gasteiger partial charge in [-0.1, -0.05) is 28.6 Å². The molecule has 2 rings (SSSR count). The Kier molecular flexibility index (Phi) is 2.82. The van der Waals surface area contributed by atoms with Crippen LogP contribution in [0, 0.1) is 0 Å². The van der Waals surface area contributed by atoms with Crippen LogP contribution in [0.5, 0.6) is 5.75 Å². The summed E-state index contributed by atoms with van der Waals surface area (Å²) in [6.45, 7) is 0. The fourth-order valence-corrected chi connectivity index (χ4v) is 1.60. The Labute approximate surface area is 93.1 Å². The van der Waals surface area contributed by atoms with Crippen molar-refractivity contribution in [3.8, 4) is 5.75 Å². The Morgan fingerprint density at radius 1 is 1.31 bits per heavy atom. The van der Waals surface area contributed by atoms with Gasteiger partial charge in [0.1, 0.15) is 5.75 Å². The van der Waals surface area contributed by atoms with Gasteiger partial charge in [0.25, 0.3) is 0 Å². The van der Waals surface area contributed by atoms with Crippen LogP contribution in [0.25, 0.3) is 6.08 Å². The number of rotatable bonds is 1. The van der Waals surface area contributed by atoms with E-state index in [0.29, 0.717) is 5.75 Å². The second-order valence-electron chi connectivity index (χ2n) is 3.08. The van der Waals surface area contributed by atoms with Crippen LogP contribution in [0.3, 0.4) is 0 Å². The molecular formula is C10H7NO4S. The van der Waals surface area contributed by atoms with Crippen molar-refractivity contribution in [3.63, 3.8) is 0 Å². The van der Waals surface area contributed by atoms with Gasteiger partial charge in [0.15, 0.2) is 6.10 Å². The number of nitrogens with zero attached hydrogens (tertiary/aromatic N) is 1. The molecule has 0 saturated heterocycles. The highest BCUT2D eigenvalue weighted by Crippen LogP contribution is 2.25. The van der Waals surface area contributed by atoms with E-state index in [0.717, 1.165) is 5.56 Å². The van der Waals surface area contributed by atoms with Gasteiger partial charge in [-0.05, 0) is 12.1 Å². The average Bonchev–Trinajstić information content (AvgIpc) is 2.27. The maximum absolute atomic E-state index is 11.3. The minimum Gasteiger partial charge on any atom is -0.476 e. The predicted molar refractivity (Wildman–Crippen MR) is 56.2 cm³/mol. The third-order valence-electron chi connectivity index (χ3n) is 2.03. The molecule has 6 heteroatoms. The number of benzene rings is 1. The van der Waals surface area contributed by atoms with E-state index in [1.54, 1.807) is 18.2 Å². The first-order valence-corrected chi connectivity index (χ1v) is 5.49. The molecule has 1 unspecified atom stereocenters.